The number of Topliss-reactive ketones (excluding diaryl/α,β-unsaturated/α-hetero) is 1. The third-order valence-electron chi connectivity index (χ3n) is 3.92. The third kappa shape index (κ3) is 3.44. The quantitative estimate of drug-likeness (QED) is 0.319. The van der Waals surface area contributed by atoms with Gasteiger partial charge in [0.1, 0.15) is 0 Å². The van der Waals surface area contributed by atoms with E-state index in [4.69, 9.17) is 0 Å². The summed E-state index contributed by atoms with van der Waals surface area (Å²) in [5.41, 5.74) is 3.02. The Morgan fingerprint density at radius 1 is 1.36 bits per heavy atom. The number of aryl methyl sites for hydroxylation is 2. The van der Waals surface area contributed by atoms with E-state index in [1.165, 1.54) is 11.8 Å². The van der Waals surface area contributed by atoms with Crippen LogP contribution in [0.25, 0.3) is 10.9 Å². The van der Waals surface area contributed by atoms with E-state index in [0.717, 1.165) is 11.4 Å². The van der Waals surface area contributed by atoms with Gasteiger partial charge in [0.05, 0.1) is 16.7 Å². The standard InChI is InChI=1S/C19H19N3O2S/c1-4-9-22-18(24)14-7-5-6-8-16(14)21-19(22)25-11-17(23)15-10-12(2)20-13(15)3/h4-8,10,20H,1,9,11H2,2-3H3. The third-order valence-corrected chi connectivity index (χ3v) is 4.90. The number of benzene rings is 1. The Labute approximate surface area is 149 Å². The number of ketones is 1. The van der Waals surface area contributed by atoms with E-state index in [2.05, 4.69) is 16.5 Å². The van der Waals surface area contributed by atoms with Crippen LogP contribution in [-0.2, 0) is 6.54 Å². The van der Waals surface area contributed by atoms with Crippen LogP contribution >= 0.6 is 11.8 Å². The van der Waals surface area contributed by atoms with E-state index in [-0.39, 0.29) is 17.1 Å². The van der Waals surface area contributed by atoms with Gasteiger partial charge in [0.25, 0.3) is 5.56 Å². The number of rotatable bonds is 6. The smallest absolute Gasteiger partial charge is 0.262 e. The van der Waals surface area contributed by atoms with Gasteiger partial charge in [-0.05, 0) is 32.0 Å². The predicted octanol–water partition coefficient (Wildman–Crippen LogP) is 3.50. The number of thioether (sulfide) groups is 1. The van der Waals surface area contributed by atoms with Crippen molar-refractivity contribution in [2.24, 2.45) is 0 Å². The zero-order valence-electron chi connectivity index (χ0n) is 14.2. The first-order chi connectivity index (χ1) is 12.0. The van der Waals surface area contributed by atoms with Gasteiger partial charge >= 0.3 is 0 Å². The van der Waals surface area contributed by atoms with Gasteiger partial charge in [-0.25, -0.2) is 4.98 Å². The zero-order chi connectivity index (χ0) is 18.0. The largest absolute Gasteiger partial charge is 0.362 e. The summed E-state index contributed by atoms with van der Waals surface area (Å²) < 4.78 is 1.56. The lowest BCUT2D eigenvalue weighted by Crippen LogP contribution is -2.23. The SMILES string of the molecule is C=CCn1c(SCC(=O)c2cc(C)[nH]c2C)nc2ccccc2c1=O. The first-order valence-corrected chi connectivity index (χ1v) is 8.92. The molecule has 2 aromatic heterocycles. The summed E-state index contributed by atoms with van der Waals surface area (Å²) in [6, 6.07) is 9.08. The number of hydrogen-bond donors (Lipinski definition) is 1. The molecule has 5 nitrogen and oxygen atoms in total. The maximum atomic E-state index is 12.7. The van der Waals surface area contributed by atoms with Crippen molar-refractivity contribution < 1.29 is 4.79 Å². The molecule has 0 saturated carbocycles. The average molecular weight is 353 g/mol. The Bertz CT molecular complexity index is 1020. The van der Waals surface area contributed by atoms with Crippen molar-refractivity contribution in [1.82, 2.24) is 14.5 Å². The van der Waals surface area contributed by atoms with E-state index in [9.17, 15) is 9.59 Å². The van der Waals surface area contributed by atoms with Crippen LogP contribution in [-0.4, -0.2) is 26.1 Å². The molecule has 0 fully saturated rings. The minimum Gasteiger partial charge on any atom is -0.362 e. The molecular weight excluding hydrogens is 334 g/mol. The molecule has 1 aromatic carbocycles. The van der Waals surface area contributed by atoms with Crippen LogP contribution in [0.15, 0.2) is 52.9 Å². The zero-order valence-corrected chi connectivity index (χ0v) is 15.0. The molecule has 0 unspecified atom stereocenters. The number of fused-ring (bicyclic) bond motifs is 1. The normalized spacial score (nSPS) is 11.0. The number of aromatic nitrogens is 3. The van der Waals surface area contributed by atoms with Crippen LogP contribution in [0, 0.1) is 13.8 Å². The number of H-pyrrole nitrogens is 1. The summed E-state index contributed by atoms with van der Waals surface area (Å²) >= 11 is 1.28. The van der Waals surface area contributed by atoms with Crippen molar-refractivity contribution in [2.45, 2.75) is 25.5 Å². The van der Waals surface area contributed by atoms with Crippen LogP contribution in [0.2, 0.25) is 0 Å². The highest BCUT2D eigenvalue weighted by atomic mass is 32.2. The summed E-state index contributed by atoms with van der Waals surface area (Å²) in [6.45, 7) is 7.87. The molecule has 128 valence electrons. The first-order valence-electron chi connectivity index (χ1n) is 7.94. The molecule has 0 bridgehead atoms. The number of para-hydroxylation sites is 1. The molecule has 0 spiro atoms. The second-order valence-corrected chi connectivity index (χ2v) is 6.76. The van der Waals surface area contributed by atoms with Crippen molar-refractivity contribution in [3.05, 3.63) is 70.3 Å². The van der Waals surface area contributed by atoms with E-state index in [0.29, 0.717) is 28.2 Å². The lowest BCUT2D eigenvalue weighted by molar-refractivity contribution is 0.102. The van der Waals surface area contributed by atoms with E-state index >= 15 is 0 Å². The summed E-state index contributed by atoms with van der Waals surface area (Å²) in [5.74, 6) is 0.236. The molecule has 0 amide bonds. The number of allylic oxidation sites excluding steroid dienone is 1. The van der Waals surface area contributed by atoms with Gasteiger partial charge in [0.2, 0.25) is 0 Å². The van der Waals surface area contributed by atoms with Gasteiger partial charge in [-0.3, -0.25) is 14.2 Å². The van der Waals surface area contributed by atoms with Crippen molar-refractivity contribution in [1.29, 1.82) is 0 Å². The average Bonchev–Trinajstić information content (AvgIpc) is 2.94. The van der Waals surface area contributed by atoms with Gasteiger partial charge in [-0.1, -0.05) is 30.0 Å². The van der Waals surface area contributed by atoms with E-state index in [1.807, 2.05) is 32.0 Å². The molecule has 0 aliphatic heterocycles. The molecule has 3 rings (SSSR count). The lowest BCUT2D eigenvalue weighted by atomic mass is 10.2. The van der Waals surface area contributed by atoms with Crippen LogP contribution in [0.4, 0.5) is 0 Å². The first kappa shape index (κ1) is 17.2. The number of nitrogens with one attached hydrogen (secondary N) is 1. The summed E-state index contributed by atoms with van der Waals surface area (Å²) in [7, 11) is 0. The van der Waals surface area contributed by atoms with Gasteiger partial charge in [0, 0.05) is 23.5 Å². The molecule has 0 saturated heterocycles. The summed E-state index contributed by atoms with van der Waals surface area (Å²) in [5, 5.41) is 1.10. The van der Waals surface area contributed by atoms with Crippen molar-refractivity contribution >= 4 is 28.4 Å². The molecule has 0 radical (unpaired) electrons. The maximum absolute atomic E-state index is 12.7. The molecule has 0 atom stereocenters. The van der Waals surface area contributed by atoms with Crippen LogP contribution in [0.5, 0.6) is 0 Å². The predicted molar refractivity (Wildman–Crippen MR) is 102 cm³/mol. The van der Waals surface area contributed by atoms with Gasteiger partial charge in [0.15, 0.2) is 10.9 Å². The monoisotopic (exact) mass is 353 g/mol. The summed E-state index contributed by atoms with van der Waals surface area (Å²) in [4.78, 5) is 32.9. The molecule has 0 aliphatic carbocycles. The van der Waals surface area contributed by atoms with Crippen molar-refractivity contribution in [3.63, 3.8) is 0 Å². The van der Waals surface area contributed by atoms with Gasteiger partial charge in [-0.15, -0.1) is 6.58 Å². The number of carbonyl (C=O) groups is 1. The molecule has 1 N–H and O–H groups in total. The molecule has 0 aliphatic rings. The van der Waals surface area contributed by atoms with Gasteiger partial charge in [-0.2, -0.15) is 0 Å². The van der Waals surface area contributed by atoms with Crippen molar-refractivity contribution in [2.75, 3.05) is 5.75 Å². The van der Waals surface area contributed by atoms with Crippen LogP contribution in [0.1, 0.15) is 21.7 Å². The fourth-order valence-electron chi connectivity index (χ4n) is 2.77. The minimum atomic E-state index is -0.117. The highest BCUT2D eigenvalue weighted by Crippen LogP contribution is 2.20. The molecule has 3 aromatic rings. The molecular formula is C19H19N3O2S. The van der Waals surface area contributed by atoms with Crippen LogP contribution < -0.4 is 5.56 Å². The lowest BCUT2D eigenvalue weighted by Gasteiger charge is -2.11. The Morgan fingerprint density at radius 3 is 2.80 bits per heavy atom. The van der Waals surface area contributed by atoms with Crippen LogP contribution in [0.3, 0.4) is 0 Å². The van der Waals surface area contributed by atoms with E-state index < -0.39 is 0 Å². The topological polar surface area (TPSA) is 67.8 Å². The Morgan fingerprint density at radius 2 is 2.12 bits per heavy atom. The number of nitrogens with zero attached hydrogens (tertiary/aromatic N) is 2. The fraction of sp³-hybridized carbons (Fsp3) is 0.211. The number of aromatic amines is 1. The molecule has 6 heteroatoms. The Balaban J connectivity index is 1.93. The maximum Gasteiger partial charge on any atom is 0.262 e. The Kier molecular flexibility index (Phi) is 4.90. The number of hydrogen-bond acceptors (Lipinski definition) is 4. The van der Waals surface area contributed by atoms with Gasteiger partial charge < -0.3 is 4.98 Å². The summed E-state index contributed by atoms with van der Waals surface area (Å²) in [6.07, 6.45) is 1.66. The minimum absolute atomic E-state index is 0.0133. The Hall–Kier alpha value is -2.60. The second-order valence-electron chi connectivity index (χ2n) is 5.82. The second kappa shape index (κ2) is 7.11. The fourth-order valence-corrected chi connectivity index (χ4v) is 3.66. The van der Waals surface area contributed by atoms with Crippen molar-refractivity contribution in [3.8, 4) is 0 Å². The molecule has 25 heavy (non-hydrogen) atoms. The highest BCUT2D eigenvalue weighted by molar-refractivity contribution is 7.99. The van der Waals surface area contributed by atoms with E-state index in [1.54, 1.807) is 22.8 Å². The number of carbonyl (C=O) groups excluding carboxylic acids is 1. The highest BCUT2D eigenvalue weighted by Gasteiger charge is 2.15. The molecule has 2 heterocycles.